The number of carbonyl (C=O) groups is 1. The number of aryl methyl sites for hydroxylation is 2. The Kier molecular flexibility index (Phi) is 6.87. The van der Waals surface area contributed by atoms with Crippen molar-refractivity contribution in [2.24, 2.45) is 5.73 Å². The number of benzene rings is 2. The normalized spacial score (nSPS) is 12.2. The quantitative estimate of drug-likeness (QED) is 0.316. The summed E-state index contributed by atoms with van der Waals surface area (Å²) < 4.78 is 3.95. The molecule has 0 aliphatic heterocycles. The molecule has 0 spiro atoms. The third-order valence-corrected chi connectivity index (χ3v) is 5.78. The molecule has 32 heavy (non-hydrogen) atoms. The minimum absolute atomic E-state index is 0.0397. The lowest BCUT2D eigenvalue weighted by atomic mass is 10.1. The number of nitrogens with one attached hydrogen (secondary N) is 1. The molecule has 4 N–H and O–H groups in total. The van der Waals surface area contributed by atoms with Gasteiger partial charge in [0.1, 0.15) is 5.69 Å². The number of fused-ring (bicyclic) bond motifs is 1. The maximum Gasteiger partial charge on any atom is 0.268 e. The van der Waals surface area contributed by atoms with Crippen LogP contribution in [0.5, 0.6) is 0 Å². The Morgan fingerprint density at radius 1 is 1.16 bits per heavy atom. The van der Waals surface area contributed by atoms with Gasteiger partial charge in [-0.3, -0.25) is 4.79 Å². The molecule has 0 radical (unpaired) electrons. The molecule has 7 nitrogen and oxygen atoms in total. The van der Waals surface area contributed by atoms with Gasteiger partial charge in [0.2, 0.25) is 0 Å². The highest BCUT2D eigenvalue weighted by molar-refractivity contribution is 5.90. The molecule has 4 aromatic rings. The van der Waals surface area contributed by atoms with Crippen molar-refractivity contribution in [3.05, 3.63) is 84.6 Å². The lowest BCUT2D eigenvalue weighted by molar-refractivity contribution is 0.0995. The zero-order valence-corrected chi connectivity index (χ0v) is 18.0. The number of aliphatic hydroxyl groups is 1. The minimum atomic E-state index is -0.569. The average molecular weight is 432 g/mol. The summed E-state index contributed by atoms with van der Waals surface area (Å²) in [6, 6.07) is 18.9. The van der Waals surface area contributed by atoms with Gasteiger partial charge >= 0.3 is 0 Å². The first-order valence-electron chi connectivity index (χ1n) is 10.9. The maximum atomic E-state index is 11.3. The van der Waals surface area contributed by atoms with Crippen molar-refractivity contribution in [3.63, 3.8) is 0 Å². The topological polar surface area (TPSA) is 98.1 Å². The highest BCUT2D eigenvalue weighted by Gasteiger charge is 2.14. The van der Waals surface area contributed by atoms with Crippen LogP contribution in [0.2, 0.25) is 0 Å². The number of hydrogen-bond donors (Lipinski definition) is 3. The summed E-state index contributed by atoms with van der Waals surface area (Å²) in [6.45, 7) is 1.61. The number of amides is 1. The van der Waals surface area contributed by atoms with E-state index in [2.05, 4.69) is 69.6 Å². The van der Waals surface area contributed by atoms with Gasteiger partial charge in [-0.1, -0.05) is 36.4 Å². The van der Waals surface area contributed by atoms with E-state index in [0.717, 1.165) is 37.1 Å². The van der Waals surface area contributed by atoms with Crippen molar-refractivity contribution < 1.29 is 9.90 Å². The fourth-order valence-electron chi connectivity index (χ4n) is 3.95. The van der Waals surface area contributed by atoms with E-state index in [9.17, 15) is 9.90 Å². The van der Waals surface area contributed by atoms with Gasteiger partial charge in [0.25, 0.3) is 5.91 Å². The molecule has 1 amide bonds. The van der Waals surface area contributed by atoms with Gasteiger partial charge in [0.15, 0.2) is 0 Å². The van der Waals surface area contributed by atoms with Crippen molar-refractivity contribution >= 4 is 22.5 Å². The molecule has 0 fully saturated rings. The molecular weight excluding hydrogens is 402 g/mol. The molecule has 0 aliphatic carbocycles. The Labute approximate surface area is 187 Å². The number of aromatic nitrogens is 3. The largest absolute Gasteiger partial charge is 0.394 e. The number of carbonyl (C=O) groups excluding carboxylic acids is 1. The summed E-state index contributed by atoms with van der Waals surface area (Å²) in [7, 11) is 0. The number of nitrogens with two attached hydrogens (primary N) is 1. The van der Waals surface area contributed by atoms with Crippen molar-refractivity contribution in [2.45, 2.75) is 31.8 Å². The number of primary amides is 1. The van der Waals surface area contributed by atoms with Gasteiger partial charge in [-0.05, 0) is 48.4 Å². The zero-order valence-electron chi connectivity index (χ0n) is 18.0. The highest BCUT2D eigenvalue weighted by Crippen LogP contribution is 2.22. The molecule has 2 aromatic carbocycles. The van der Waals surface area contributed by atoms with Crippen LogP contribution in [0, 0.1) is 0 Å². The SMILES string of the molecule is NC(=O)c1cn([C@@H](CO)CCn2ccc3ccc(NCCCc4ccccc4)cc32)cn1. The summed E-state index contributed by atoms with van der Waals surface area (Å²) in [5, 5.41) is 14.5. The number of hydrogen-bond acceptors (Lipinski definition) is 4. The summed E-state index contributed by atoms with van der Waals surface area (Å²) in [4.78, 5) is 15.3. The highest BCUT2D eigenvalue weighted by atomic mass is 16.3. The molecule has 166 valence electrons. The Bertz CT molecular complexity index is 1170. The molecule has 1 atom stereocenters. The van der Waals surface area contributed by atoms with Gasteiger partial charge in [-0.2, -0.15) is 0 Å². The molecule has 2 aromatic heterocycles. The Hall–Kier alpha value is -3.58. The predicted octanol–water partition coefficient (Wildman–Crippen LogP) is 3.61. The number of rotatable bonds is 11. The Morgan fingerprint density at radius 3 is 2.75 bits per heavy atom. The first-order valence-corrected chi connectivity index (χ1v) is 10.9. The second-order valence-electron chi connectivity index (χ2n) is 7.99. The standard InChI is InChI=1S/C25H29N5O2/c26-25(32)23-16-30(18-28-23)22(17-31)11-14-29-13-10-20-8-9-21(15-24(20)29)27-12-4-7-19-5-2-1-3-6-19/h1-3,5-6,8-10,13,15-16,18,22,27,31H,4,7,11-12,14,17H2,(H2,26,32)/t22-/m1/s1. The smallest absolute Gasteiger partial charge is 0.268 e. The number of anilines is 1. The maximum absolute atomic E-state index is 11.3. The fraction of sp³-hybridized carbons (Fsp3) is 0.280. The third kappa shape index (κ3) is 5.18. The lowest BCUT2D eigenvalue weighted by Crippen LogP contribution is -2.15. The van der Waals surface area contributed by atoms with Crippen LogP contribution in [-0.4, -0.2) is 38.3 Å². The van der Waals surface area contributed by atoms with Crippen LogP contribution in [-0.2, 0) is 13.0 Å². The molecule has 0 saturated heterocycles. The van der Waals surface area contributed by atoms with Gasteiger partial charge < -0.3 is 25.3 Å². The monoisotopic (exact) mass is 431 g/mol. The first kappa shape index (κ1) is 21.6. The van der Waals surface area contributed by atoms with E-state index < -0.39 is 5.91 Å². The van der Waals surface area contributed by atoms with Gasteiger partial charge in [-0.25, -0.2) is 4.98 Å². The van der Waals surface area contributed by atoms with E-state index >= 15 is 0 Å². The molecule has 7 heteroatoms. The van der Waals surface area contributed by atoms with Crippen LogP contribution >= 0.6 is 0 Å². The average Bonchev–Trinajstić information content (AvgIpc) is 3.46. The van der Waals surface area contributed by atoms with E-state index in [1.54, 1.807) is 17.1 Å². The third-order valence-electron chi connectivity index (χ3n) is 5.78. The van der Waals surface area contributed by atoms with Crippen LogP contribution in [0.1, 0.15) is 34.9 Å². The van der Waals surface area contributed by atoms with Crippen LogP contribution in [0.15, 0.2) is 73.3 Å². The van der Waals surface area contributed by atoms with Crippen LogP contribution in [0.3, 0.4) is 0 Å². The van der Waals surface area contributed by atoms with E-state index in [4.69, 9.17) is 5.73 Å². The molecule has 0 bridgehead atoms. The number of aliphatic hydroxyl groups excluding tert-OH is 1. The van der Waals surface area contributed by atoms with Crippen molar-refractivity contribution in [3.8, 4) is 0 Å². The summed E-state index contributed by atoms with van der Waals surface area (Å²) in [6.07, 6.45) is 8.03. The van der Waals surface area contributed by atoms with Crippen molar-refractivity contribution in [1.29, 1.82) is 0 Å². The molecule has 0 saturated carbocycles. The molecule has 0 aliphatic rings. The zero-order chi connectivity index (χ0) is 22.3. The molecule has 0 unspecified atom stereocenters. The number of nitrogens with zero attached hydrogens (tertiary/aromatic N) is 3. The van der Waals surface area contributed by atoms with E-state index in [0.29, 0.717) is 6.42 Å². The Balaban J connectivity index is 1.36. The second-order valence-corrected chi connectivity index (χ2v) is 7.99. The van der Waals surface area contributed by atoms with Crippen LogP contribution in [0.4, 0.5) is 5.69 Å². The second kappa shape index (κ2) is 10.2. The summed E-state index contributed by atoms with van der Waals surface area (Å²) in [5.41, 5.74) is 9.10. The first-order chi connectivity index (χ1) is 15.6. The lowest BCUT2D eigenvalue weighted by Gasteiger charge is -2.16. The Morgan fingerprint density at radius 2 is 2.00 bits per heavy atom. The van der Waals surface area contributed by atoms with Crippen LogP contribution < -0.4 is 11.1 Å². The summed E-state index contributed by atoms with van der Waals surface area (Å²) in [5.74, 6) is -0.569. The van der Waals surface area contributed by atoms with Crippen molar-refractivity contribution in [2.75, 3.05) is 18.5 Å². The van der Waals surface area contributed by atoms with Gasteiger partial charge in [0, 0.05) is 31.2 Å². The van der Waals surface area contributed by atoms with Gasteiger partial charge in [-0.15, -0.1) is 0 Å². The fourth-order valence-corrected chi connectivity index (χ4v) is 3.95. The van der Waals surface area contributed by atoms with E-state index in [-0.39, 0.29) is 18.3 Å². The van der Waals surface area contributed by atoms with Crippen LogP contribution in [0.25, 0.3) is 10.9 Å². The van der Waals surface area contributed by atoms with E-state index in [1.165, 1.54) is 10.9 Å². The predicted molar refractivity (Wildman–Crippen MR) is 127 cm³/mol. The molecule has 4 rings (SSSR count). The molecular formula is C25H29N5O2. The van der Waals surface area contributed by atoms with Gasteiger partial charge in [0.05, 0.1) is 24.5 Å². The molecule has 2 heterocycles. The summed E-state index contributed by atoms with van der Waals surface area (Å²) >= 11 is 0. The number of imidazole rings is 1. The van der Waals surface area contributed by atoms with E-state index in [1.807, 2.05) is 6.07 Å². The van der Waals surface area contributed by atoms with Crippen molar-refractivity contribution in [1.82, 2.24) is 14.1 Å². The minimum Gasteiger partial charge on any atom is -0.394 e.